The Kier molecular flexibility index (Phi) is 5.97. The van der Waals surface area contributed by atoms with Gasteiger partial charge in [0.05, 0.1) is 16.2 Å². The second-order valence-corrected chi connectivity index (χ2v) is 8.54. The van der Waals surface area contributed by atoms with Crippen LogP contribution in [0.4, 0.5) is 4.39 Å². The second kappa shape index (κ2) is 7.77. The minimum Gasteiger partial charge on any atom is -0.245 e. The number of rotatable bonds is 6. The molecule has 0 amide bonds. The summed E-state index contributed by atoms with van der Waals surface area (Å²) >= 11 is 1.38. The van der Waals surface area contributed by atoms with E-state index >= 15 is 0 Å². The van der Waals surface area contributed by atoms with Gasteiger partial charge < -0.3 is 0 Å². The molecule has 0 atom stereocenters. The summed E-state index contributed by atoms with van der Waals surface area (Å²) in [4.78, 5) is 4.48. The maximum Gasteiger partial charge on any atom is 0.178 e. The number of hydrogen-bond acceptors (Lipinski definition) is 5. The maximum absolute atomic E-state index is 12.9. The van der Waals surface area contributed by atoms with Crippen LogP contribution in [0.1, 0.15) is 23.2 Å². The first-order valence-corrected chi connectivity index (χ1v) is 9.97. The summed E-state index contributed by atoms with van der Waals surface area (Å²) in [6.07, 6.45) is 0.421. The number of hydrogen-bond donors (Lipinski definition) is 0. The van der Waals surface area contributed by atoms with Crippen molar-refractivity contribution in [3.05, 3.63) is 53.0 Å². The van der Waals surface area contributed by atoms with Gasteiger partial charge in [-0.15, -0.1) is 11.8 Å². The molecule has 0 saturated heterocycles. The molecular weight excluding hydrogens is 347 g/mol. The maximum atomic E-state index is 12.9. The number of halogens is 1. The van der Waals surface area contributed by atoms with E-state index in [1.807, 2.05) is 19.9 Å². The fourth-order valence-corrected chi connectivity index (χ4v) is 4.76. The van der Waals surface area contributed by atoms with Gasteiger partial charge in [-0.3, -0.25) is 0 Å². The molecule has 1 heterocycles. The molecule has 1 aromatic carbocycles. The van der Waals surface area contributed by atoms with Crippen LogP contribution < -0.4 is 0 Å². The van der Waals surface area contributed by atoms with Gasteiger partial charge in [-0.25, -0.2) is 17.8 Å². The van der Waals surface area contributed by atoms with Gasteiger partial charge in [-0.1, -0.05) is 0 Å². The number of benzene rings is 1. The van der Waals surface area contributed by atoms with E-state index in [-0.39, 0.29) is 10.6 Å². The zero-order chi connectivity index (χ0) is 17.7. The highest BCUT2D eigenvalue weighted by Gasteiger charge is 2.15. The Labute approximate surface area is 145 Å². The smallest absolute Gasteiger partial charge is 0.178 e. The number of thioether (sulfide) groups is 1. The molecule has 0 bridgehead atoms. The van der Waals surface area contributed by atoms with Crippen LogP contribution in [0.5, 0.6) is 0 Å². The quantitative estimate of drug-likeness (QED) is 0.444. The molecule has 0 aliphatic heterocycles. The van der Waals surface area contributed by atoms with Gasteiger partial charge in [0.2, 0.25) is 0 Å². The highest BCUT2D eigenvalue weighted by atomic mass is 32.2. The van der Waals surface area contributed by atoms with Crippen molar-refractivity contribution in [2.45, 2.75) is 30.2 Å². The van der Waals surface area contributed by atoms with Crippen LogP contribution >= 0.6 is 11.8 Å². The van der Waals surface area contributed by atoms with Crippen molar-refractivity contribution in [1.82, 2.24) is 4.98 Å². The summed E-state index contributed by atoms with van der Waals surface area (Å²) in [6.45, 7) is 3.72. The molecule has 2 aromatic rings. The zero-order valence-electron chi connectivity index (χ0n) is 13.4. The highest BCUT2D eigenvalue weighted by molar-refractivity contribution is 7.99. The van der Waals surface area contributed by atoms with Crippen molar-refractivity contribution < 1.29 is 12.8 Å². The molecule has 1 aromatic heterocycles. The lowest BCUT2D eigenvalue weighted by Crippen LogP contribution is -2.08. The first-order valence-electron chi connectivity index (χ1n) is 7.33. The van der Waals surface area contributed by atoms with E-state index in [0.29, 0.717) is 22.8 Å². The van der Waals surface area contributed by atoms with Crippen LogP contribution in [0.25, 0.3) is 0 Å². The molecule has 0 spiro atoms. The SMILES string of the molecule is Cc1cc(C)c(C#N)c(SCCCS(=O)(=O)c2ccc(F)cc2)n1. The summed E-state index contributed by atoms with van der Waals surface area (Å²) in [5, 5.41) is 9.85. The molecule has 0 saturated carbocycles. The Morgan fingerprint density at radius 3 is 2.54 bits per heavy atom. The molecule has 4 nitrogen and oxygen atoms in total. The standard InChI is InChI=1S/C17H17FN2O2S2/c1-12-10-13(2)20-17(16(12)11-19)23-8-3-9-24(21,22)15-6-4-14(18)5-7-15/h4-7,10H,3,8-9H2,1-2H3. The van der Waals surface area contributed by atoms with Crippen molar-refractivity contribution >= 4 is 21.6 Å². The van der Waals surface area contributed by atoms with Crippen LogP contribution in [0.3, 0.4) is 0 Å². The summed E-state index contributed by atoms with van der Waals surface area (Å²) < 4.78 is 37.2. The van der Waals surface area contributed by atoms with Crippen molar-refractivity contribution in [2.75, 3.05) is 11.5 Å². The minimum absolute atomic E-state index is 0.0294. The van der Waals surface area contributed by atoms with Gasteiger partial charge in [0.15, 0.2) is 9.84 Å². The zero-order valence-corrected chi connectivity index (χ0v) is 15.0. The number of aryl methyl sites for hydroxylation is 2. The van der Waals surface area contributed by atoms with Crippen LogP contribution in [0.2, 0.25) is 0 Å². The van der Waals surface area contributed by atoms with Gasteiger partial charge in [-0.2, -0.15) is 5.26 Å². The van der Waals surface area contributed by atoms with E-state index in [9.17, 15) is 18.1 Å². The molecular formula is C17H17FN2O2S2. The first-order chi connectivity index (χ1) is 11.3. The fourth-order valence-electron chi connectivity index (χ4n) is 2.22. The van der Waals surface area contributed by atoms with E-state index in [4.69, 9.17) is 0 Å². The predicted molar refractivity (Wildman–Crippen MR) is 92.2 cm³/mol. The van der Waals surface area contributed by atoms with E-state index in [1.165, 1.54) is 23.9 Å². The van der Waals surface area contributed by atoms with Crippen LogP contribution in [-0.2, 0) is 9.84 Å². The molecule has 0 aliphatic rings. The molecule has 0 N–H and O–H groups in total. The lowest BCUT2D eigenvalue weighted by molar-refractivity contribution is 0.593. The van der Waals surface area contributed by atoms with Crippen molar-refractivity contribution in [1.29, 1.82) is 5.26 Å². The monoisotopic (exact) mass is 364 g/mol. The average Bonchev–Trinajstić information content (AvgIpc) is 2.51. The number of aromatic nitrogens is 1. The molecule has 7 heteroatoms. The van der Waals surface area contributed by atoms with Gasteiger partial charge in [0.1, 0.15) is 16.9 Å². The number of nitrogens with zero attached hydrogens (tertiary/aromatic N) is 2. The van der Waals surface area contributed by atoms with E-state index < -0.39 is 15.7 Å². The van der Waals surface area contributed by atoms with E-state index in [0.717, 1.165) is 23.4 Å². The third kappa shape index (κ3) is 4.56. The van der Waals surface area contributed by atoms with Crippen molar-refractivity contribution in [3.63, 3.8) is 0 Å². The third-order valence-electron chi connectivity index (χ3n) is 3.39. The molecule has 24 heavy (non-hydrogen) atoms. The molecule has 0 radical (unpaired) electrons. The fraction of sp³-hybridized carbons (Fsp3) is 0.294. The summed E-state index contributed by atoms with van der Waals surface area (Å²) in [7, 11) is -3.43. The summed E-state index contributed by atoms with van der Waals surface area (Å²) in [6, 6.07) is 8.82. The Balaban J connectivity index is 1.98. The summed E-state index contributed by atoms with van der Waals surface area (Å²) in [5.74, 6) is 0.0398. The van der Waals surface area contributed by atoms with Gasteiger partial charge in [0.25, 0.3) is 0 Å². The largest absolute Gasteiger partial charge is 0.245 e. The normalized spacial score (nSPS) is 11.2. The molecule has 2 rings (SSSR count). The molecule has 126 valence electrons. The topological polar surface area (TPSA) is 70.8 Å². The Bertz CT molecular complexity index is 873. The van der Waals surface area contributed by atoms with Crippen LogP contribution in [0, 0.1) is 31.0 Å². The Hall–Kier alpha value is -1.91. The average molecular weight is 364 g/mol. The minimum atomic E-state index is -3.43. The van der Waals surface area contributed by atoms with Crippen molar-refractivity contribution in [2.24, 2.45) is 0 Å². The predicted octanol–water partition coefficient (Wildman–Crippen LogP) is 3.67. The second-order valence-electron chi connectivity index (χ2n) is 5.35. The highest BCUT2D eigenvalue weighted by Crippen LogP contribution is 2.24. The van der Waals surface area contributed by atoms with Crippen molar-refractivity contribution in [3.8, 4) is 6.07 Å². The number of pyridine rings is 1. The number of nitriles is 1. The molecule has 0 aliphatic carbocycles. The van der Waals surface area contributed by atoms with E-state index in [1.54, 1.807) is 0 Å². The molecule has 0 fully saturated rings. The van der Waals surface area contributed by atoms with Crippen LogP contribution in [0.15, 0.2) is 40.3 Å². The Morgan fingerprint density at radius 2 is 1.92 bits per heavy atom. The number of sulfone groups is 1. The first kappa shape index (κ1) is 18.4. The van der Waals surface area contributed by atoms with Crippen LogP contribution in [-0.4, -0.2) is 24.9 Å². The van der Waals surface area contributed by atoms with Gasteiger partial charge in [-0.05, 0) is 56.2 Å². The van der Waals surface area contributed by atoms with Gasteiger partial charge >= 0.3 is 0 Å². The lowest BCUT2D eigenvalue weighted by atomic mass is 10.1. The molecule has 0 unspecified atom stereocenters. The third-order valence-corrected chi connectivity index (χ3v) is 6.27. The Morgan fingerprint density at radius 1 is 1.25 bits per heavy atom. The lowest BCUT2D eigenvalue weighted by Gasteiger charge is -2.08. The summed E-state index contributed by atoms with van der Waals surface area (Å²) in [5.41, 5.74) is 2.23. The van der Waals surface area contributed by atoms with Gasteiger partial charge in [0, 0.05) is 11.4 Å². The van der Waals surface area contributed by atoms with E-state index in [2.05, 4.69) is 11.1 Å².